The molecule has 0 bridgehead atoms. The van der Waals surface area contributed by atoms with Gasteiger partial charge in [0.15, 0.2) is 0 Å². The lowest BCUT2D eigenvalue weighted by Crippen LogP contribution is -2.40. The number of hydrogen-bond donors (Lipinski definition) is 1. The van der Waals surface area contributed by atoms with Crippen LogP contribution >= 0.6 is 0 Å². The standard InChI is InChI=1S/C22H31N3O3/c26-20-12-17-25(21(27)18-8-3-1-4-9-18)16-7-10-19(11-13-23-20)22(28)24-14-5-2-6-15-24/h1,3-4,8-9,19H,2,5-7,10-17H2,(H,23,26). The van der Waals surface area contributed by atoms with Gasteiger partial charge in [-0.05, 0) is 50.7 Å². The molecule has 2 saturated heterocycles. The smallest absolute Gasteiger partial charge is 0.253 e. The Bertz CT molecular complexity index is 671. The Morgan fingerprint density at radius 2 is 1.57 bits per heavy atom. The van der Waals surface area contributed by atoms with Gasteiger partial charge in [-0.15, -0.1) is 0 Å². The van der Waals surface area contributed by atoms with Crippen molar-refractivity contribution in [1.29, 1.82) is 0 Å². The van der Waals surface area contributed by atoms with Crippen LogP contribution in [0, 0.1) is 5.92 Å². The van der Waals surface area contributed by atoms with Gasteiger partial charge < -0.3 is 15.1 Å². The average molecular weight is 386 g/mol. The third-order valence-corrected chi connectivity index (χ3v) is 5.73. The minimum Gasteiger partial charge on any atom is -0.356 e. The number of carbonyl (C=O) groups is 3. The molecular formula is C22H31N3O3. The van der Waals surface area contributed by atoms with Crippen LogP contribution in [0.3, 0.4) is 0 Å². The minimum atomic E-state index is -0.0785. The number of piperidine rings is 1. The summed E-state index contributed by atoms with van der Waals surface area (Å²) in [6.45, 7) is 3.20. The van der Waals surface area contributed by atoms with E-state index in [4.69, 9.17) is 0 Å². The summed E-state index contributed by atoms with van der Waals surface area (Å²) >= 11 is 0. The van der Waals surface area contributed by atoms with E-state index in [1.165, 1.54) is 6.42 Å². The lowest BCUT2D eigenvalue weighted by Gasteiger charge is -2.31. The zero-order valence-corrected chi connectivity index (χ0v) is 16.6. The minimum absolute atomic E-state index is 0.0495. The molecular weight excluding hydrogens is 354 g/mol. The molecule has 2 heterocycles. The lowest BCUT2D eigenvalue weighted by molar-refractivity contribution is -0.137. The van der Waals surface area contributed by atoms with Gasteiger partial charge in [-0.1, -0.05) is 18.2 Å². The highest BCUT2D eigenvalue weighted by atomic mass is 16.2. The SMILES string of the molecule is O=C1CCN(C(=O)c2ccccc2)CCCC(C(=O)N2CCCCC2)CCN1. The molecule has 0 aliphatic carbocycles. The van der Waals surface area contributed by atoms with Crippen LogP contribution in [0.4, 0.5) is 0 Å². The van der Waals surface area contributed by atoms with Gasteiger partial charge in [-0.25, -0.2) is 0 Å². The Balaban J connectivity index is 1.65. The molecule has 3 amide bonds. The van der Waals surface area contributed by atoms with E-state index in [-0.39, 0.29) is 23.6 Å². The maximum atomic E-state index is 13.0. The number of amides is 3. The van der Waals surface area contributed by atoms with Crippen LogP contribution in [0.2, 0.25) is 0 Å². The molecule has 6 nitrogen and oxygen atoms in total. The lowest BCUT2D eigenvalue weighted by atomic mass is 9.96. The maximum Gasteiger partial charge on any atom is 0.253 e. The van der Waals surface area contributed by atoms with Crippen molar-refractivity contribution in [2.24, 2.45) is 5.92 Å². The number of nitrogens with one attached hydrogen (secondary N) is 1. The summed E-state index contributed by atoms with van der Waals surface area (Å²) < 4.78 is 0. The number of benzene rings is 1. The molecule has 152 valence electrons. The van der Waals surface area contributed by atoms with E-state index in [1.807, 2.05) is 23.1 Å². The van der Waals surface area contributed by atoms with Gasteiger partial charge in [0.25, 0.3) is 5.91 Å². The zero-order valence-electron chi connectivity index (χ0n) is 16.6. The molecule has 1 aromatic carbocycles. The van der Waals surface area contributed by atoms with E-state index in [0.717, 1.165) is 38.8 Å². The summed E-state index contributed by atoms with van der Waals surface area (Å²) in [6, 6.07) is 9.18. The molecule has 2 fully saturated rings. The first-order chi connectivity index (χ1) is 13.6. The van der Waals surface area contributed by atoms with Gasteiger partial charge in [-0.2, -0.15) is 0 Å². The van der Waals surface area contributed by atoms with Gasteiger partial charge in [0, 0.05) is 50.6 Å². The predicted octanol–water partition coefficient (Wildman–Crippen LogP) is 2.45. The highest BCUT2D eigenvalue weighted by Gasteiger charge is 2.26. The molecule has 0 aromatic heterocycles. The molecule has 0 saturated carbocycles. The van der Waals surface area contributed by atoms with Gasteiger partial charge >= 0.3 is 0 Å². The van der Waals surface area contributed by atoms with Gasteiger partial charge in [0.1, 0.15) is 0 Å². The topological polar surface area (TPSA) is 69.7 Å². The number of carbonyl (C=O) groups excluding carboxylic acids is 3. The van der Waals surface area contributed by atoms with Crippen molar-refractivity contribution in [3.63, 3.8) is 0 Å². The summed E-state index contributed by atoms with van der Waals surface area (Å²) in [4.78, 5) is 41.7. The molecule has 2 aliphatic heterocycles. The molecule has 28 heavy (non-hydrogen) atoms. The van der Waals surface area contributed by atoms with Crippen LogP contribution in [0.1, 0.15) is 55.3 Å². The highest BCUT2D eigenvalue weighted by molar-refractivity contribution is 5.94. The Hall–Kier alpha value is -2.37. The molecule has 0 spiro atoms. The molecule has 6 heteroatoms. The third kappa shape index (κ3) is 5.57. The van der Waals surface area contributed by atoms with E-state index < -0.39 is 0 Å². The van der Waals surface area contributed by atoms with E-state index >= 15 is 0 Å². The normalized spacial score (nSPS) is 22.1. The summed E-state index contributed by atoms with van der Waals surface area (Å²) in [5, 5.41) is 2.92. The van der Waals surface area contributed by atoms with Crippen molar-refractivity contribution in [1.82, 2.24) is 15.1 Å². The van der Waals surface area contributed by atoms with E-state index in [1.54, 1.807) is 17.0 Å². The largest absolute Gasteiger partial charge is 0.356 e. The Morgan fingerprint density at radius 3 is 2.32 bits per heavy atom. The molecule has 2 aliphatic rings. The van der Waals surface area contributed by atoms with Crippen molar-refractivity contribution in [2.45, 2.75) is 44.9 Å². The first-order valence-corrected chi connectivity index (χ1v) is 10.5. The number of likely N-dealkylation sites (tertiary alicyclic amines) is 1. The Morgan fingerprint density at radius 1 is 0.857 bits per heavy atom. The van der Waals surface area contributed by atoms with Crippen molar-refractivity contribution in [2.75, 3.05) is 32.7 Å². The Kier molecular flexibility index (Phi) is 7.46. The second-order valence-electron chi connectivity index (χ2n) is 7.77. The fraction of sp³-hybridized carbons (Fsp3) is 0.591. The second-order valence-corrected chi connectivity index (χ2v) is 7.77. The highest BCUT2D eigenvalue weighted by Crippen LogP contribution is 2.20. The predicted molar refractivity (Wildman–Crippen MR) is 108 cm³/mol. The number of hydrogen-bond acceptors (Lipinski definition) is 3. The fourth-order valence-electron chi connectivity index (χ4n) is 4.08. The van der Waals surface area contributed by atoms with Crippen LogP contribution in [0.15, 0.2) is 30.3 Å². The number of rotatable bonds is 2. The van der Waals surface area contributed by atoms with Gasteiger partial charge in [0.05, 0.1) is 0 Å². The van der Waals surface area contributed by atoms with Crippen molar-refractivity contribution < 1.29 is 14.4 Å². The molecule has 3 rings (SSSR count). The molecule has 1 unspecified atom stereocenters. The van der Waals surface area contributed by atoms with E-state index in [2.05, 4.69) is 5.32 Å². The van der Waals surface area contributed by atoms with Crippen LogP contribution in [-0.2, 0) is 9.59 Å². The van der Waals surface area contributed by atoms with E-state index in [9.17, 15) is 14.4 Å². The molecule has 1 N–H and O–H groups in total. The monoisotopic (exact) mass is 385 g/mol. The summed E-state index contributed by atoms with van der Waals surface area (Å²) in [7, 11) is 0. The van der Waals surface area contributed by atoms with Gasteiger partial charge in [-0.3, -0.25) is 14.4 Å². The second kappa shape index (κ2) is 10.2. The van der Waals surface area contributed by atoms with Crippen molar-refractivity contribution >= 4 is 17.7 Å². The number of nitrogens with zero attached hydrogens (tertiary/aromatic N) is 2. The van der Waals surface area contributed by atoms with Crippen LogP contribution in [0.25, 0.3) is 0 Å². The first-order valence-electron chi connectivity index (χ1n) is 10.5. The quantitative estimate of drug-likeness (QED) is 0.850. The fourth-order valence-corrected chi connectivity index (χ4v) is 4.08. The van der Waals surface area contributed by atoms with Crippen molar-refractivity contribution in [3.8, 4) is 0 Å². The average Bonchev–Trinajstić information content (AvgIpc) is 2.78. The summed E-state index contributed by atoms with van der Waals surface area (Å²) in [5.41, 5.74) is 0.638. The first kappa shape index (κ1) is 20.4. The Labute approximate surface area is 167 Å². The summed E-state index contributed by atoms with van der Waals surface area (Å²) in [5.74, 6) is 0.0304. The van der Waals surface area contributed by atoms with Crippen LogP contribution in [-0.4, -0.2) is 60.2 Å². The molecule has 1 aromatic rings. The van der Waals surface area contributed by atoms with Crippen molar-refractivity contribution in [3.05, 3.63) is 35.9 Å². The molecule has 1 atom stereocenters. The molecule has 0 radical (unpaired) electrons. The maximum absolute atomic E-state index is 13.0. The zero-order chi connectivity index (χ0) is 19.8. The third-order valence-electron chi connectivity index (χ3n) is 5.73. The van der Waals surface area contributed by atoms with Gasteiger partial charge in [0.2, 0.25) is 11.8 Å². The summed E-state index contributed by atoms with van der Waals surface area (Å²) in [6.07, 6.45) is 5.85. The van der Waals surface area contributed by atoms with Crippen LogP contribution < -0.4 is 5.32 Å². The van der Waals surface area contributed by atoms with Crippen LogP contribution in [0.5, 0.6) is 0 Å². The van der Waals surface area contributed by atoms with E-state index in [0.29, 0.717) is 38.0 Å².